The van der Waals surface area contributed by atoms with Crippen molar-refractivity contribution in [2.75, 3.05) is 31.2 Å². The van der Waals surface area contributed by atoms with Crippen LogP contribution in [0.4, 0.5) is 5.95 Å². The van der Waals surface area contributed by atoms with Crippen molar-refractivity contribution in [2.45, 2.75) is 0 Å². The quantitative estimate of drug-likeness (QED) is 0.873. The van der Waals surface area contributed by atoms with Gasteiger partial charge in [0.25, 0.3) is 0 Å². The SMILES string of the molecule is Clc1cccc(/C=C/c2ccnc(N3CCOCC3)n2)c1. The maximum atomic E-state index is 5.98. The Kier molecular flexibility index (Phi) is 4.48. The van der Waals surface area contributed by atoms with Gasteiger partial charge in [-0.2, -0.15) is 0 Å². The fourth-order valence-electron chi connectivity index (χ4n) is 2.16. The molecule has 2 aromatic rings. The second-order valence-electron chi connectivity index (χ2n) is 4.77. The molecule has 5 heteroatoms. The molecule has 0 aliphatic carbocycles. The zero-order valence-electron chi connectivity index (χ0n) is 11.6. The van der Waals surface area contributed by atoms with E-state index in [1.807, 2.05) is 42.5 Å². The molecule has 1 aliphatic rings. The zero-order chi connectivity index (χ0) is 14.5. The molecule has 4 nitrogen and oxygen atoms in total. The number of nitrogens with zero attached hydrogens (tertiary/aromatic N) is 3. The van der Waals surface area contributed by atoms with Gasteiger partial charge in [-0.05, 0) is 29.8 Å². The van der Waals surface area contributed by atoms with E-state index in [9.17, 15) is 0 Å². The third-order valence-corrected chi connectivity index (χ3v) is 3.49. The minimum atomic E-state index is 0.728. The van der Waals surface area contributed by atoms with Crippen LogP contribution in [0.3, 0.4) is 0 Å². The van der Waals surface area contributed by atoms with Gasteiger partial charge in [0, 0.05) is 24.3 Å². The molecular weight excluding hydrogens is 286 g/mol. The number of morpholine rings is 1. The topological polar surface area (TPSA) is 38.2 Å². The first-order valence-corrected chi connectivity index (χ1v) is 7.28. The van der Waals surface area contributed by atoms with E-state index >= 15 is 0 Å². The van der Waals surface area contributed by atoms with Crippen LogP contribution in [0, 0.1) is 0 Å². The van der Waals surface area contributed by atoms with Gasteiger partial charge in [-0.15, -0.1) is 0 Å². The molecule has 1 aromatic heterocycles. The van der Waals surface area contributed by atoms with E-state index < -0.39 is 0 Å². The van der Waals surface area contributed by atoms with E-state index in [-0.39, 0.29) is 0 Å². The van der Waals surface area contributed by atoms with Gasteiger partial charge in [0.05, 0.1) is 18.9 Å². The molecule has 0 radical (unpaired) electrons. The highest BCUT2D eigenvalue weighted by atomic mass is 35.5. The molecule has 0 amide bonds. The third-order valence-electron chi connectivity index (χ3n) is 3.25. The van der Waals surface area contributed by atoms with Crippen molar-refractivity contribution in [1.82, 2.24) is 9.97 Å². The molecule has 0 spiro atoms. The van der Waals surface area contributed by atoms with Crippen LogP contribution in [0.5, 0.6) is 0 Å². The molecule has 2 heterocycles. The lowest BCUT2D eigenvalue weighted by atomic mass is 10.2. The first-order chi connectivity index (χ1) is 10.3. The number of anilines is 1. The van der Waals surface area contributed by atoms with E-state index in [1.54, 1.807) is 6.20 Å². The summed E-state index contributed by atoms with van der Waals surface area (Å²) in [5, 5.41) is 0.730. The fraction of sp³-hybridized carbons (Fsp3) is 0.250. The fourth-order valence-corrected chi connectivity index (χ4v) is 2.36. The molecule has 0 unspecified atom stereocenters. The minimum absolute atomic E-state index is 0.728. The lowest BCUT2D eigenvalue weighted by Gasteiger charge is -2.26. The first-order valence-electron chi connectivity index (χ1n) is 6.91. The number of aromatic nitrogens is 2. The normalized spacial score (nSPS) is 15.6. The molecule has 3 rings (SSSR count). The average Bonchev–Trinajstić information content (AvgIpc) is 2.54. The van der Waals surface area contributed by atoms with Crippen molar-refractivity contribution in [3.63, 3.8) is 0 Å². The lowest BCUT2D eigenvalue weighted by Crippen LogP contribution is -2.37. The Morgan fingerprint density at radius 1 is 1.14 bits per heavy atom. The molecule has 0 atom stereocenters. The van der Waals surface area contributed by atoms with Gasteiger partial charge >= 0.3 is 0 Å². The van der Waals surface area contributed by atoms with Crippen molar-refractivity contribution in [3.8, 4) is 0 Å². The van der Waals surface area contributed by atoms with Crippen LogP contribution in [0.1, 0.15) is 11.3 Å². The summed E-state index contributed by atoms with van der Waals surface area (Å²) in [6.45, 7) is 3.13. The summed E-state index contributed by atoms with van der Waals surface area (Å²) in [6, 6.07) is 9.61. The highest BCUT2D eigenvalue weighted by Gasteiger charge is 2.13. The Morgan fingerprint density at radius 2 is 2.00 bits per heavy atom. The smallest absolute Gasteiger partial charge is 0.225 e. The Morgan fingerprint density at radius 3 is 2.81 bits per heavy atom. The monoisotopic (exact) mass is 301 g/mol. The van der Waals surface area contributed by atoms with Gasteiger partial charge in [-0.25, -0.2) is 9.97 Å². The van der Waals surface area contributed by atoms with Crippen LogP contribution in [-0.4, -0.2) is 36.3 Å². The Labute approximate surface area is 129 Å². The van der Waals surface area contributed by atoms with Gasteiger partial charge < -0.3 is 9.64 Å². The van der Waals surface area contributed by atoms with E-state index in [0.717, 1.165) is 48.5 Å². The van der Waals surface area contributed by atoms with Gasteiger partial charge in [0.2, 0.25) is 5.95 Å². The maximum absolute atomic E-state index is 5.98. The van der Waals surface area contributed by atoms with Gasteiger partial charge in [-0.3, -0.25) is 0 Å². The molecule has 0 bridgehead atoms. The highest BCUT2D eigenvalue weighted by molar-refractivity contribution is 6.30. The van der Waals surface area contributed by atoms with Gasteiger partial charge in [0.1, 0.15) is 0 Å². The minimum Gasteiger partial charge on any atom is -0.378 e. The molecular formula is C16H16ClN3O. The van der Waals surface area contributed by atoms with Crippen molar-refractivity contribution in [3.05, 3.63) is 52.8 Å². The molecule has 1 aliphatic heterocycles. The third kappa shape index (κ3) is 3.80. The molecule has 1 fully saturated rings. The van der Waals surface area contributed by atoms with Crippen LogP contribution in [0.15, 0.2) is 36.5 Å². The van der Waals surface area contributed by atoms with Crippen molar-refractivity contribution < 1.29 is 4.74 Å². The summed E-state index contributed by atoms with van der Waals surface area (Å²) in [7, 11) is 0. The number of ether oxygens (including phenoxy) is 1. The number of rotatable bonds is 3. The molecule has 0 N–H and O–H groups in total. The molecule has 108 valence electrons. The van der Waals surface area contributed by atoms with E-state index in [0.29, 0.717) is 0 Å². The van der Waals surface area contributed by atoms with Crippen molar-refractivity contribution in [1.29, 1.82) is 0 Å². The Bertz CT molecular complexity index is 639. The molecule has 0 saturated carbocycles. The zero-order valence-corrected chi connectivity index (χ0v) is 12.3. The Balaban J connectivity index is 1.76. The predicted octanol–water partition coefficient (Wildman–Crippen LogP) is 3.14. The molecule has 21 heavy (non-hydrogen) atoms. The lowest BCUT2D eigenvalue weighted by molar-refractivity contribution is 0.122. The summed E-state index contributed by atoms with van der Waals surface area (Å²) >= 11 is 5.98. The van der Waals surface area contributed by atoms with Crippen molar-refractivity contribution >= 4 is 29.7 Å². The summed E-state index contributed by atoms with van der Waals surface area (Å²) in [5.41, 5.74) is 1.93. The molecule has 1 saturated heterocycles. The number of benzene rings is 1. The van der Waals surface area contributed by atoms with Crippen LogP contribution in [-0.2, 0) is 4.74 Å². The summed E-state index contributed by atoms with van der Waals surface area (Å²) < 4.78 is 5.34. The first kappa shape index (κ1) is 14.0. The predicted molar refractivity (Wildman–Crippen MR) is 85.4 cm³/mol. The van der Waals surface area contributed by atoms with Crippen LogP contribution >= 0.6 is 11.6 Å². The van der Waals surface area contributed by atoms with E-state index in [2.05, 4.69) is 14.9 Å². The standard InChI is InChI=1S/C16H16ClN3O/c17-14-3-1-2-13(12-14)4-5-15-6-7-18-16(19-15)20-8-10-21-11-9-20/h1-7,12H,8-11H2/b5-4+. The maximum Gasteiger partial charge on any atom is 0.225 e. The van der Waals surface area contributed by atoms with E-state index in [4.69, 9.17) is 16.3 Å². The van der Waals surface area contributed by atoms with Crippen LogP contribution < -0.4 is 4.90 Å². The van der Waals surface area contributed by atoms with Gasteiger partial charge in [-0.1, -0.05) is 29.8 Å². The average molecular weight is 302 g/mol. The van der Waals surface area contributed by atoms with Crippen LogP contribution in [0.25, 0.3) is 12.2 Å². The Hall–Kier alpha value is -1.91. The van der Waals surface area contributed by atoms with E-state index in [1.165, 1.54) is 0 Å². The summed E-state index contributed by atoms with van der Waals surface area (Å²) in [6.07, 6.45) is 5.75. The largest absolute Gasteiger partial charge is 0.378 e. The number of hydrogen-bond acceptors (Lipinski definition) is 4. The number of hydrogen-bond donors (Lipinski definition) is 0. The second kappa shape index (κ2) is 6.70. The second-order valence-corrected chi connectivity index (χ2v) is 5.21. The number of halogens is 1. The van der Waals surface area contributed by atoms with Crippen LogP contribution in [0.2, 0.25) is 5.02 Å². The summed E-state index contributed by atoms with van der Waals surface area (Å²) in [5.74, 6) is 0.756. The van der Waals surface area contributed by atoms with Crippen molar-refractivity contribution in [2.24, 2.45) is 0 Å². The molecule has 1 aromatic carbocycles. The summed E-state index contributed by atoms with van der Waals surface area (Å²) in [4.78, 5) is 11.0. The highest BCUT2D eigenvalue weighted by Crippen LogP contribution is 2.14. The van der Waals surface area contributed by atoms with Gasteiger partial charge in [0.15, 0.2) is 0 Å².